The first-order valence-corrected chi connectivity index (χ1v) is 34.9. The van der Waals surface area contributed by atoms with E-state index >= 15 is 0 Å². The monoisotopic (exact) mass is 1120 g/mol. The second-order valence-electron chi connectivity index (χ2n) is 23.4. The first kappa shape index (κ1) is 76.9. The second-order valence-corrected chi connectivity index (χ2v) is 23.4. The maximum atomic E-state index is 12.9. The third-order valence-corrected chi connectivity index (χ3v) is 15.5. The molecule has 0 rings (SSSR count). The highest BCUT2D eigenvalue weighted by atomic mass is 16.6. The van der Waals surface area contributed by atoms with Crippen LogP contribution in [0.5, 0.6) is 0 Å². The van der Waals surface area contributed by atoms with E-state index in [2.05, 4.69) is 87.6 Å². The predicted molar refractivity (Wildman–Crippen MR) is 348 cm³/mol. The van der Waals surface area contributed by atoms with Crippen LogP contribution < -0.4 is 0 Å². The Morgan fingerprint density at radius 3 is 0.863 bits per heavy atom. The fraction of sp³-hybridized carbons (Fsp3) is 0.797. The fourth-order valence-corrected chi connectivity index (χ4v) is 10.3. The molecule has 0 aromatic heterocycles. The van der Waals surface area contributed by atoms with Gasteiger partial charge in [-0.25, -0.2) is 0 Å². The van der Waals surface area contributed by atoms with Crippen molar-refractivity contribution in [2.24, 2.45) is 0 Å². The summed E-state index contributed by atoms with van der Waals surface area (Å²) in [6.45, 7) is 6.48. The smallest absolute Gasteiger partial charge is 0.306 e. The predicted octanol–water partition coefficient (Wildman–Crippen LogP) is 24.1. The molecule has 6 nitrogen and oxygen atoms in total. The molecule has 0 spiro atoms. The molecule has 0 saturated carbocycles. The number of hydrogen-bond donors (Lipinski definition) is 0. The van der Waals surface area contributed by atoms with E-state index in [1.807, 2.05) is 6.08 Å². The average molecular weight is 1120 g/mol. The van der Waals surface area contributed by atoms with Gasteiger partial charge in [-0.2, -0.15) is 0 Å². The van der Waals surface area contributed by atoms with Crippen LogP contribution in [0.25, 0.3) is 0 Å². The normalized spacial score (nSPS) is 12.5. The standard InChI is InChI=1S/C74H132O6/c1-4-7-10-13-16-19-22-25-27-29-31-32-33-34-35-36-37-38-39-40-41-43-44-46-49-52-55-58-61-64-67-73(76)79-70-71(69-78-72(75)66-63-60-57-54-51-48-24-21-18-15-12-9-6-3)80-74(77)68-65-62-59-56-53-50-47-45-42-30-28-26-23-20-17-14-11-8-5-2/h9,12,17-18,20-21,26,28,48,51,57,60,71H,4-8,10-11,13-16,19,22-25,27,29-47,49-50,52-56,58-59,61-70H2,1-3H3/b12-9-,20-17-,21-18-,28-26-,51-48-,60-57-. The minimum absolute atomic E-state index is 0.0961. The van der Waals surface area contributed by atoms with Crippen LogP contribution in [0.15, 0.2) is 72.9 Å². The molecule has 0 N–H and O–H groups in total. The number of carbonyl (C=O) groups is 3. The van der Waals surface area contributed by atoms with E-state index in [9.17, 15) is 14.4 Å². The molecule has 80 heavy (non-hydrogen) atoms. The summed E-state index contributed by atoms with van der Waals surface area (Å²) in [5, 5.41) is 0. The quantitative estimate of drug-likeness (QED) is 0.0261. The zero-order valence-electron chi connectivity index (χ0n) is 53.3. The first-order chi connectivity index (χ1) is 39.5. The Labute approximate surface area is 497 Å². The van der Waals surface area contributed by atoms with Gasteiger partial charge in [0.15, 0.2) is 6.10 Å². The number of esters is 3. The molecule has 0 heterocycles. The largest absolute Gasteiger partial charge is 0.462 e. The molecule has 464 valence electrons. The van der Waals surface area contributed by atoms with Gasteiger partial charge in [-0.1, -0.05) is 338 Å². The molecule has 0 radical (unpaired) electrons. The van der Waals surface area contributed by atoms with E-state index in [-0.39, 0.29) is 37.5 Å². The summed E-state index contributed by atoms with van der Waals surface area (Å²) < 4.78 is 16.9. The van der Waals surface area contributed by atoms with E-state index in [0.717, 1.165) is 70.6 Å². The number of rotatable bonds is 64. The third-order valence-electron chi connectivity index (χ3n) is 15.5. The van der Waals surface area contributed by atoms with Gasteiger partial charge in [0, 0.05) is 19.3 Å². The molecule has 6 heteroatoms. The van der Waals surface area contributed by atoms with E-state index in [1.54, 1.807) is 0 Å². The second kappa shape index (κ2) is 68.3. The third kappa shape index (κ3) is 65.7. The van der Waals surface area contributed by atoms with Gasteiger partial charge in [0.25, 0.3) is 0 Å². The molecule has 0 aliphatic carbocycles. The van der Waals surface area contributed by atoms with Gasteiger partial charge in [0.1, 0.15) is 13.2 Å². The van der Waals surface area contributed by atoms with E-state index in [0.29, 0.717) is 19.3 Å². The Bertz CT molecular complexity index is 1470. The molecule has 0 aliphatic rings. The highest BCUT2D eigenvalue weighted by Crippen LogP contribution is 2.18. The van der Waals surface area contributed by atoms with Crippen LogP contribution in [0.1, 0.15) is 361 Å². The summed E-state index contributed by atoms with van der Waals surface area (Å²) in [4.78, 5) is 38.3. The maximum Gasteiger partial charge on any atom is 0.306 e. The van der Waals surface area contributed by atoms with Crippen LogP contribution in [-0.4, -0.2) is 37.2 Å². The molecular weight excluding hydrogens is 985 g/mol. The highest BCUT2D eigenvalue weighted by molar-refractivity contribution is 5.71. The molecule has 0 saturated heterocycles. The van der Waals surface area contributed by atoms with Gasteiger partial charge in [-0.15, -0.1) is 0 Å². The van der Waals surface area contributed by atoms with Crippen molar-refractivity contribution in [3.63, 3.8) is 0 Å². The van der Waals surface area contributed by atoms with Gasteiger partial charge >= 0.3 is 17.9 Å². The first-order valence-electron chi connectivity index (χ1n) is 34.9. The molecule has 0 aromatic carbocycles. The van der Waals surface area contributed by atoms with Gasteiger partial charge in [0.2, 0.25) is 0 Å². The SMILES string of the molecule is CC/C=C\C/C=C\C/C=C\C/C=C\CCC(=O)OCC(COC(=O)CCCCCCCCCCCCCCCCCCCCCCCCCCCCCCCC)OC(=O)CCCCCCCCCCC/C=C\C/C=C\CCCCC. The lowest BCUT2D eigenvalue weighted by Gasteiger charge is -2.18. The van der Waals surface area contributed by atoms with Crippen LogP contribution in [0.4, 0.5) is 0 Å². The summed E-state index contributed by atoms with van der Waals surface area (Å²) in [5.41, 5.74) is 0. The molecule has 0 fully saturated rings. The van der Waals surface area contributed by atoms with Crippen LogP contribution >= 0.6 is 0 Å². The zero-order chi connectivity index (χ0) is 57.8. The van der Waals surface area contributed by atoms with Crippen molar-refractivity contribution >= 4 is 17.9 Å². The number of hydrogen-bond acceptors (Lipinski definition) is 6. The molecular formula is C74H132O6. The van der Waals surface area contributed by atoms with Crippen LogP contribution in [0.3, 0.4) is 0 Å². The summed E-state index contributed by atoms with van der Waals surface area (Å²) in [7, 11) is 0. The van der Waals surface area contributed by atoms with Crippen molar-refractivity contribution in [3.05, 3.63) is 72.9 Å². The maximum absolute atomic E-state index is 12.9. The van der Waals surface area contributed by atoms with Crippen molar-refractivity contribution in [2.75, 3.05) is 13.2 Å². The highest BCUT2D eigenvalue weighted by Gasteiger charge is 2.19. The van der Waals surface area contributed by atoms with Gasteiger partial charge in [-0.05, 0) is 77.0 Å². The number of ether oxygens (including phenoxy) is 3. The van der Waals surface area contributed by atoms with Crippen molar-refractivity contribution in [3.8, 4) is 0 Å². The lowest BCUT2D eigenvalue weighted by atomic mass is 10.0. The Morgan fingerprint density at radius 2 is 0.512 bits per heavy atom. The Morgan fingerprint density at radius 1 is 0.263 bits per heavy atom. The summed E-state index contributed by atoms with van der Waals surface area (Å²) >= 11 is 0. The topological polar surface area (TPSA) is 78.9 Å². The van der Waals surface area contributed by atoms with Gasteiger partial charge in [0.05, 0.1) is 0 Å². The number of carbonyl (C=O) groups excluding carboxylic acids is 3. The van der Waals surface area contributed by atoms with Crippen LogP contribution in [-0.2, 0) is 28.6 Å². The summed E-state index contributed by atoms with van der Waals surface area (Å²) in [6, 6.07) is 0. The summed E-state index contributed by atoms with van der Waals surface area (Å²) in [5.74, 6) is -0.968. The lowest BCUT2D eigenvalue weighted by Crippen LogP contribution is -2.30. The fourth-order valence-electron chi connectivity index (χ4n) is 10.3. The molecule has 0 amide bonds. The zero-order valence-corrected chi connectivity index (χ0v) is 53.3. The van der Waals surface area contributed by atoms with E-state index in [4.69, 9.17) is 14.2 Å². The number of allylic oxidation sites excluding steroid dienone is 12. The minimum atomic E-state index is -0.807. The van der Waals surface area contributed by atoms with Crippen molar-refractivity contribution < 1.29 is 28.6 Å². The van der Waals surface area contributed by atoms with Gasteiger partial charge < -0.3 is 14.2 Å². The van der Waals surface area contributed by atoms with Crippen molar-refractivity contribution in [1.29, 1.82) is 0 Å². The average Bonchev–Trinajstić information content (AvgIpc) is 3.46. The van der Waals surface area contributed by atoms with E-state index < -0.39 is 6.10 Å². The molecule has 0 aliphatic heterocycles. The summed E-state index contributed by atoms with van der Waals surface area (Å²) in [6.07, 6.45) is 89.6. The molecule has 0 bridgehead atoms. The molecule has 1 atom stereocenters. The Hall–Kier alpha value is -3.15. The minimum Gasteiger partial charge on any atom is -0.462 e. The molecule has 0 aromatic rings. The van der Waals surface area contributed by atoms with Gasteiger partial charge in [-0.3, -0.25) is 14.4 Å². The number of unbranched alkanes of at least 4 members (excludes halogenated alkanes) is 41. The Kier molecular flexibility index (Phi) is 65.7. The van der Waals surface area contributed by atoms with Crippen LogP contribution in [0, 0.1) is 0 Å². The lowest BCUT2D eigenvalue weighted by molar-refractivity contribution is -0.166. The molecule has 1 unspecified atom stereocenters. The Balaban J connectivity index is 4.21. The van der Waals surface area contributed by atoms with Crippen molar-refractivity contribution in [1.82, 2.24) is 0 Å². The van der Waals surface area contributed by atoms with E-state index in [1.165, 1.54) is 244 Å². The van der Waals surface area contributed by atoms with Crippen molar-refractivity contribution in [2.45, 2.75) is 367 Å². The van der Waals surface area contributed by atoms with Crippen LogP contribution in [0.2, 0.25) is 0 Å².